The van der Waals surface area contributed by atoms with Crippen molar-refractivity contribution >= 4 is 15.9 Å². The van der Waals surface area contributed by atoms with Gasteiger partial charge in [-0.3, -0.25) is 0 Å². The molecule has 2 nitrogen and oxygen atoms in total. The summed E-state index contributed by atoms with van der Waals surface area (Å²) >= 11 is 3.40. The summed E-state index contributed by atoms with van der Waals surface area (Å²) in [5.74, 6) is 1.63. The van der Waals surface area contributed by atoms with E-state index in [1.807, 2.05) is 18.2 Å². The average Bonchev–Trinajstić information content (AvgIpc) is 2.15. The zero-order valence-corrected chi connectivity index (χ0v) is 11.2. The lowest BCUT2D eigenvalue weighted by atomic mass is 9.99. The summed E-state index contributed by atoms with van der Waals surface area (Å²) in [6.07, 6.45) is 0. The molecular weight excluding hydrogens is 256 g/mol. The van der Waals surface area contributed by atoms with Crippen molar-refractivity contribution in [3.63, 3.8) is 0 Å². The highest BCUT2D eigenvalue weighted by molar-refractivity contribution is 9.10. The number of benzene rings is 1. The second kappa shape index (κ2) is 4.88. The molecule has 0 saturated heterocycles. The Labute approximate surface area is 99.7 Å². The highest BCUT2D eigenvalue weighted by Crippen LogP contribution is 2.29. The van der Waals surface area contributed by atoms with E-state index < -0.39 is 0 Å². The van der Waals surface area contributed by atoms with Gasteiger partial charge in [-0.15, -0.1) is 0 Å². The molecule has 0 radical (unpaired) electrons. The molecule has 0 aliphatic heterocycles. The normalized spacial score (nSPS) is 11.3. The van der Waals surface area contributed by atoms with Crippen LogP contribution >= 0.6 is 15.9 Å². The summed E-state index contributed by atoms with van der Waals surface area (Å²) in [6.45, 7) is 7.12. The highest BCUT2D eigenvalue weighted by atomic mass is 79.9. The molecule has 0 aliphatic rings. The van der Waals surface area contributed by atoms with Gasteiger partial charge in [0.25, 0.3) is 0 Å². The SMILES string of the molecule is COc1cc(OCC(C)(C)C)ccc1Br. The van der Waals surface area contributed by atoms with Gasteiger partial charge < -0.3 is 9.47 Å². The van der Waals surface area contributed by atoms with Crippen molar-refractivity contribution in [2.75, 3.05) is 13.7 Å². The Morgan fingerprint density at radius 2 is 1.93 bits per heavy atom. The van der Waals surface area contributed by atoms with Gasteiger partial charge in [0.2, 0.25) is 0 Å². The van der Waals surface area contributed by atoms with Crippen molar-refractivity contribution in [3.05, 3.63) is 22.7 Å². The van der Waals surface area contributed by atoms with E-state index in [0.717, 1.165) is 16.0 Å². The first-order valence-electron chi connectivity index (χ1n) is 4.89. The quantitative estimate of drug-likeness (QED) is 0.832. The Bertz CT molecular complexity index is 329. The minimum Gasteiger partial charge on any atom is -0.495 e. The van der Waals surface area contributed by atoms with Gasteiger partial charge in [0.15, 0.2) is 0 Å². The molecule has 1 aromatic carbocycles. The molecule has 0 heterocycles. The van der Waals surface area contributed by atoms with Gasteiger partial charge in [-0.25, -0.2) is 0 Å². The van der Waals surface area contributed by atoms with Crippen molar-refractivity contribution in [2.45, 2.75) is 20.8 Å². The van der Waals surface area contributed by atoms with Crippen molar-refractivity contribution in [1.82, 2.24) is 0 Å². The largest absolute Gasteiger partial charge is 0.495 e. The number of ether oxygens (including phenoxy) is 2. The van der Waals surface area contributed by atoms with Crippen LogP contribution in [0, 0.1) is 5.41 Å². The first-order valence-corrected chi connectivity index (χ1v) is 5.68. The van der Waals surface area contributed by atoms with Crippen molar-refractivity contribution in [2.24, 2.45) is 5.41 Å². The maximum Gasteiger partial charge on any atom is 0.136 e. The van der Waals surface area contributed by atoms with E-state index in [2.05, 4.69) is 36.7 Å². The third kappa shape index (κ3) is 4.12. The fourth-order valence-electron chi connectivity index (χ4n) is 1.03. The van der Waals surface area contributed by atoms with Gasteiger partial charge in [-0.05, 0) is 33.5 Å². The molecule has 0 unspecified atom stereocenters. The fraction of sp³-hybridized carbons (Fsp3) is 0.500. The molecule has 1 aromatic rings. The molecule has 15 heavy (non-hydrogen) atoms. The topological polar surface area (TPSA) is 18.5 Å². The second-order valence-electron chi connectivity index (χ2n) is 4.65. The summed E-state index contributed by atoms with van der Waals surface area (Å²) in [4.78, 5) is 0. The first kappa shape index (κ1) is 12.4. The fourth-order valence-corrected chi connectivity index (χ4v) is 1.44. The van der Waals surface area contributed by atoms with Crippen LogP contribution in [0.15, 0.2) is 22.7 Å². The Kier molecular flexibility index (Phi) is 4.03. The van der Waals surface area contributed by atoms with Crippen LogP contribution < -0.4 is 9.47 Å². The third-order valence-corrected chi connectivity index (χ3v) is 2.45. The predicted molar refractivity (Wildman–Crippen MR) is 65.6 cm³/mol. The average molecular weight is 273 g/mol. The Morgan fingerprint density at radius 3 is 2.47 bits per heavy atom. The molecule has 0 amide bonds. The van der Waals surface area contributed by atoms with Crippen LogP contribution in [-0.4, -0.2) is 13.7 Å². The van der Waals surface area contributed by atoms with E-state index in [0.29, 0.717) is 6.61 Å². The molecule has 0 N–H and O–H groups in total. The summed E-state index contributed by atoms with van der Waals surface area (Å²) in [7, 11) is 1.65. The predicted octanol–water partition coefficient (Wildman–Crippen LogP) is 3.88. The second-order valence-corrected chi connectivity index (χ2v) is 5.50. The molecule has 0 spiro atoms. The molecule has 0 aliphatic carbocycles. The summed E-state index contributed by atoms with van der Waals surface area (Å²) in [5, 5.41) is 0. The van der Waals surface area contributed by atoms with E-state index in [1.54, 1.807) is 7.11 Å². The van der Waals surface area contributed by atoms with Crippen molar-refractivity contribution < 1.29 is 9.47 Å². The number of rotatable bonds is 3. The zero-order valence-electron chi connectivity index (χ0n) is 9.63. The smallest absolute Gasteiger partial charge is 0.136 e. The van der Waals surface area contributed by atoms with Crippen LogP contribution in [0.25, 0.3) is 0 Å². The highest BCUT2D eigenvalue weighted by Gasteiger charge is 2.11. The number of halogens is 1. The molecule has 1 rings (SSSR count). The van der Waals surface area contributed by atoms with E-state index in [4.69, 9.17) is 9.47 Å². The Hall–Kier alpha value is -0.700. The number of methoxy groups -OCH3 is 1. The van der Waals surface area contributed by atoms with Crippen LogP contribution in [0.3, 0.4) is 0 Å². The van der Waals surface area contributed by atoms with Gasteiger partial charge in [0.05, 0.1) is 18.2 Å². The monoisotopic (exact) mass is 272 g/mol. The van der Waals surface area contributed by atoms with Crippen LogP contribution in [0.1, 0.15) is 20.8 Å². The zero-order chi connectivity index (χ0) is 11.5. The standard InChI is InChI=1S/C12H17BrO2/c1-12(2,3)8-15-9-5-6-10(13)11(7-9)14-4/h5-7H,8H2,1-4H3. The van der Waals surface area contributed by atoms with Crippen molar-refractivity contribution in [1.29, 1.82) is 0 Å². The molecule has 0 saturated carbocycles. The van der Waals surface area contributed by atoms with Crippen LogP contribution in [0.2, 0.25) is 0 Å². The molecule has 84 valence electrons. The van der Waals surface area contributed by atoms with Gasteiger partial charge in [-0.1, -0.05) is 20.8 Å². The van der Waals surface area contributed by atoms with Crippen LogP contribution in [0.5, 0.6) is 11.5 Å². The Morgan fingerprint density at radius 1 is 1.27 bits per heavy atom. The number of hydrogen-bond donors (Lipinski definition) is 0. The maximum atomic E-state index is 5.67. The van der Waals surface area contributed by atoms with Crippen LogP contribution in [0.4, 0.5) is 0 Å². The van der Waals surface area contributed by atoms with Crippen LogP contribution in [-0.2, 0) is 0 Å². The molecule has 3 heteroatoms. The van der Waals surface area contributed by atoms with Crippen molar-refractivity contribution in [3.8, 4) is 11.5 Å². The lowest BCUT2D eigenvalue weighted by molar-refractivity contribution is 0.197. The molecule has 0 bridgehead atoms. The van der Waals surface area contributed by atoms with E-state index in [9.17, 15) is 0 Å². The molecule has 0 aromatic heterocycles. The Balaban J connectivity index is 2.70. The van der Waals surface area contributed by atoms with E-state index in [-0.39, 0.29) is 5.41 Å². The summed E-state index contributed by atoms with van der Waals surface area (Å²) in [6, 6.07) is 5.74. The lowest BCUT2D eigenvalue weighted by Crippen LogP contribution is -2.16. The van der Waals surface area contributed by atoms with Gasteiger partial charge >= 0.3 is 0 Å². The molecule has 0 atom stereocenters. The summed E-state index contributed by atoms with van der Waals surface area (Å²) in [5.41, 5.74) is 0.167. The van der Waals surface area contributed by atoms with Gasteiger partial charge in [0.1, 0.15) is 11.5 Å². The van der Waals surface area contributed by atoms with E-state index >= 15 is 0 Å². The van der Waals surface area contributed by atoms with E-state index in [1.165, 1.54) is 0 Å². The maximum absolute atomic E-state index is 5.67. The lowest BCUT2D eigenvalue weighted by Gasteiger charge is -2.19. The minimum absolute atomic E-state index is 0.167. The first-order chi connectivity index (χ1) is 6.92. The van der Waals surface area contributed by atoms with Gasteiger partial charge in [-0.2, -0.15) is 0 Å². The number of hydrogen-bond acceptors (Lipinski definition) is 2. The summed E-state index contributed by atoms with van der Waals surface area (Å²) < 4.78 is 11.8. The molecule has 0 fully saturated rings. The molecular formula is C12H17BrO2. The third-order valence-electron chi connectivity index (χ3n) is 1.79. The van der Waals surface area contributed by atoms with Gasteiger partial charge in [0, 0.05) is 6.07 Å². The minimum atomic E-state index is 0.167.